The summed E-state index contributed by atoms with van der Waals surface area (Å²) in [5, 5.41) is 13.3. The maximum atomic E-state index is 13.0. The molecule has 2 aromatic rings. The molecule has 0 spiro atoms. The highest BCUT2D eigenvalue weighted by atomic mass is 19.4. The summed E-state index contributed by atoms with van der Waals surface area (Å²) in [5.74, 6) is -0.619. The van der Waals surface area contributed by atoms with Crippen molar-refractivity contribution in [1.82, 2.24) is 5.32 Å². The van der Waals surface area contributed by atoms with E-state index in [4.69, 9.17) is 4.74 Å². The summed E-state index contributed by atoms with van der Waals surface area (Å²) >= 11 is 0. The molecule has 0 radical (unpaired) electrons. The van der Waals surface area contributed by atoms with E-state index < -0.39 is 35.4 Å². The third kappa shape index (κ3) is 4.12. The van der Waals surface area contributed by atoms with E-state index >= 15 is 0 Å². The fourth-order valence-electron chi connectivity index (χ4n) is 3.24. The maximum Gasteiger partial charge on any atom is 0.416 e. The van der Waals surface area contributed by atoms with E-state index in [1.54, 1.807) is 26.0 Å². The Bertz CT molecular complexity index is 969. The number of halogens is 3. The van der Waals surface area contributed by atoms with Crippen LogP contribution in [0.25, 0.3) is 0 Å². The monoisotopic (exact) mass is 407 g/mol. The highest BCUT2D eigenvalue weighted by molar-refractivity contribution is 5.96. The van der Waals surface area contributed by atoms with Crippen molar-refractivity contribution in [2.24, 2.45) is 0 Å². The van der Waals surface area contributed by atoms with E-state index in [0.29, 0.717) is 16.9 Å². The molecule has 0 bridgehead atoms. The molecule has 5 nitrogen and oxygen atoms in total. The van der Waals surface area contributed by atoms with Crippen LogP contribution in [0, 0.1) is 0 Å². The van der Waals surface area contributed by atoms with Crippen molar-refractivity contribution in [2.45, 2.75) is 44.7 Å². The van der Waals surface area contributed by atoms with E-state index in [0.717, 1.165) is 18.2 Å². The van der Waals surface area contributed by atoms with Crippen molar-refractivity contribution in [2.75, 3.05) is 0 Å². The number of Topliss-reactive ketones (excluding diaryl/α,β-unsaturated/α-hetero) is 1. The third-order valence-corrected chi connectivity index (χ3v) is 4.89. The van der Waals surface area contributed by atoms with E-state index in [1.807, 2.05) is 0 Å². The predicted octanol–water partition coefficient (Wildman–Crippen LogP) is 3.91. The van der Waals surface area contributed by atoms with Gasteiger partial charge in [-0.3, -0.25) is 9.59 Å². The van der Waals surface area contributed by atoms with Gasteiger partial charge in [-0.05, 0) is 57.2 Å². The Morgan fingerprint density at radius 2 is 1.79 bits per heavy atom. The summed E-state index contributed by atoms with van der Waals surface area (Å²) in [6.07, 6.45) is -5.79. The molecule has 0 aliphatic carbocycles. The largest absolute Gasteiger partial charge is 0.485 e. The lowest BCUT2D eigenvalue weighted by molar-refractivity contribution is -0.137. The van der Waals surface area contributed by atoms with Gasteiger partial charge in [0.1, 0.15) is 17.5 Å². The standard InChI is InChI=1S/C21H20F3NO4/c1-11(26)12-7-8-16-15(10-12)17(18(27)20(2,3)29-16)25-19(28)13-5-4-6-14(9-13)21(22,23)24/h4-10,17-18,27H,1-3H3,(H,25,28). The first-order valence-electron chi connectivity index (χ1n) is 8.90. The molecule has 29 heavy (non-hydrogen) atoms. The summed E-state index contributed by atoms with van der Waals surface area (Å²) in [7, 11) is 0. The molecule has 1 aliphatic rings. The van der Waals surface area contributed by atoms with Gasteiger partial charge in [0.2, 0.25) is 0 Å². The molecule has 0 fully saturated rings. The van der Waals surface area contributed by atoms with Crippen LogP contribution in [-0.4, -0.2) is 28.5 Å². The fraction of sp³-hybridized carbons (Fsp3) is 0.333. The van der Waals surface area contributed by atoms with Crippen LogP contribution in [0.1, 0.15) is 58.7 Å². The summed E-state index contributed by atoms with van der Waals surface area (Å²) in [6.45, 7) is 4.63. The second-order valence-electron chi connectivity index (χ2n) is 7.49. The molecule has 154 valence electrons. The second-order valence-corrected chi connectivity index (χ2v) is 7.49. The van der Waals surface area contributed by atoms with Crippen molar-refractivity contribution in [3.63, 3.8) is 0 Å². The number of amides is 1. The summed E-state index contributed by atoms with van der Waals surface area (Å²) in [4.78, 5) is 24.4. The molecule has 0 saturated heterocycles. The Balaban J connectivity index is 1.98. The van der Waals surface area contributed by atoms with Crippen molar-refractivity contribution >= 4 is 11.7 Å². The number of ether oxygens (including phenoxy) is 1. The highest BCUT2D eigenvalue weighted by Crippen LogP contribution is 2.40. The zero-order valence-corrected chi connectivity index (χ0v) is 16.0. The third-order valence-electron chi connectivity index (χ3n) is 4.89. The number of alkyl halides is 3. The van der Waals surface area contributed by atoms with E-state index in [1.165, 1.54) is 19.1 Å². The Morgan fingerprint density at radius 1 is 1.10 bits per heavy atom. The smallest absolute Gasteiger partial charge is 0.416 e. The number of benzene rings is 2. The molecule has 1 amide bonds. The Kier molecular flexibility index (Phi) is 5.17. The molecule has 0 aromatic heterocycles. The minimum Gasteiger partial charge on any atom is -0.485 e. The van der Waals surface area contributed by atoms with Crippen LogP contribution in [0.2, 0.25) is 0 Å². The predicted molar refractivity (Wildman–Crippen MR) is 98.8 cm³/mol. The van der Waals surface area contributed by atoms with E-state index in [-0.39, 0.29) is 11.3 Å². The molecular weight excluding hydrogens is 387 g/mol. The van der Waals surface area contributed by atoms with E-state index in [2.05, 4.69) is 5.32 Å². The van der Waals surface area contributed by atoms with Crippen LogP contribution >= 0.6 is 0 Å². The van der Waals surface area contributed by atoms with Crippen molar-refractivity contribution in [3.05, 3.63) is 64.7 Å². The molecule has 1 heterocycles. The first kappa shape index (κ1) is 20.9. The molecule has 2 unspecified atom stereocenters. The number of hydrogen-bond acceptors (Lipinski definition) is 4. The van der Waals surface area contributed by atoms with Gasteiger partial charge in [-0.25, -0.2) is 0 Å². The summed E-state index contributed by atoms with van der Waals surface area (Å²) in [6, 6.07) is 7.70. The Hall–Kier alpha value is -2.87. The van der Waals surface area contributed by atoms with Crippen molar-refractivity contribution in [3.8, 4) is 5.75 Å². The zero-order chi connectivity index (χ0) is 21.6. The summed E-state index contributed by atoms with van der Waals surface area (Å²) in [5.41, 5.74) is -1.48. The number of ketones is 1. The number of nitrogens with one attached hydrogen (secondary N) is 1. The van der Waals surface area contributed by atoms with Gasteiger partial charge in [-0.15, -0.1) is 0 Å². The molecule has 0 saturated carbocycles. The van der Waals surface area contributed by atoms with Crippen LogP contribution in [0.4, 0.5) is 13.2 Å². The average molecular weight is 407 g/mol. The van der Waals surface area contributed by atoms with Gasteiger partial charge in [-0.2, -0.15) is 13.2 Å². The Labute approximate surface area is 165 Å². The molecule has 1 aliphatic heterocycles. The lowest BCUT2D eigenvalue weighted by atomic mass is 9.85. The number of aliphatic hydroxyl groups is 1. The molecule has 3 rings (SSSR count). The van der Waals surface area contributed by atoms with Gasteiger partial charge in [0, 0.05) is 16.7 Å². The van der Waals surface area contributed by atoms with E-state index in [9.17, 15) is 27.9 Å². The maximum absolute atomic E-state index is 13.0. The quantitative estimate of drug-likeness (QED) is 0.757. The van der Waals surface area contributed by atoms with Gasteiger partial charge in [0.05, 0.1) is 11.6 Å². The average Bonchev–Trinajstić information content (AvgIpc) is 2.64. The Morgan fingerprint density at radius 3 is 2.41 bits per heavy atom. The lowest BCUT2D eigenvalue weighted by Crippen LogP contribution is -2.53. The van der Waals surface area contributed by atoms with Crippen LogP contribution in [0.15, 0.2) is 42.5 Å². The van der Waals surface area contributed by atoms with Crippen LogP contribution in [0.5, 0.6) is 5.75 Å². The first-order chi connectivity index (χ1) is 13.4. The van der Waals surface area contributed by atoms with Gasteiger partial charge in [0.15, 0.2) is 5.78 Å². The van der Waals surface area contributed by atoms with Crippen molar-refractivity contribution in [1.29, 1.82) is 0 Å². The van der Waals surface area contributed by atoms with Crippen LogP contribution < -0.4 is 10.1 Å². The van der Waals surface area contributed by atoms with Crippen LogP contribution in [0.3, 0.4) is 0 Å². The number of carbonyl (C=O) groups excluding carboxylic acids is 2. The molecule has 2 aromatic carbocycles. The molecular formula is C21H20F3NO4. The fourth-order valence-corrected chi connectivity index (χ4v) is 3.24. The number of hydrogen-bond donors (Lipinski definition) is 2. The number of fused-ring (bicyclic) bond motifs is 1. The molecule has 2 atom stereocenters. The number of rotatable bonds is 3. The topological polar surface area (TPSA) is 75.6 Å². The number of carbonyl (C=O) groups is 2. The van der Waals surface area contributed by atoms with Gasteiger partial charge in [0.25, 0.3) is 5.91 Å². The van der Waals surface area contributed by atoms with Crippen LogP contribution in [-0.2, 0) is 6.18 Å². The molecule has 8 heteroatoms. The van der Waals surface area contributed by atoms with Gasteiger partial charge in [-0.1, -0.05) is 6.07 Å². The summed E-state index contributed by atoms with van der Waals surface area (Å²) < 4.78 is 44.6. The normalized spacial score (nSPS) is 20.4. The minimum atomic E-state index is -4.58. The number of aliphatic hydroxyl groups excluding tert-OH is 1. The van der Waals surface area contributed by atoms with Gasteiger partial charge >= 0.3 is 6.18 Å². The van der Waals surface area contributed by atoms with Crippen molar-refractivity contribution < 1.29 is 32.6 Å². The first-order valence-corrected chi connectivity index (χ1v) is 8.90. The SMILES string of the molecule is CC(=O)c1ccc2c(c1)C(NC(=O)c1cccc(C(F)(F)F)c1)C(O)C(C)(C)O2. The zero-order valence-electron chi connectivity index (χ0n) is 16.0. The lowest BCUT2D eigenvalue weighted by Gasteiger charge is -2.42. The molecule has 2 N–H and O–H groups in total. The van der Waals surface area contributed by atoms with Gasteiger partial charge < -0.3 is 15.2 Å². The highest BCUT2D eigenvalue weighted by Gasteiger charge is 2.44. The second kappa shape index (κ2) is 7.18. The minimum absolute atomic E-state index is 0.194.